The number of rotatable bonds is 8. The molecule has 0 bridgehead atoms. The van der Waals surface area contributed by atoms with Crippen LogP contribution in [0.15, 0.2) is 24.3 Å². The number of aliphatic hydroxyl groups is 1. The summed E-state index contributed by atoms with van der Waals surface area (Å²) in [4.78, 5) is 0. The summed E-state index contributed by atoms with van der Waals surface area (Å²) in [7, 11) is 0. The molecule has 3 unspecified atom stereocenters. The predicted octanol–water partition coefficient (Wildman–Crippen LogP) is 4.09. The van der Waals surface area contributed by atoms with Gasteiger partial charge in [0.05, 0.1) is 0 Å². The molecule has 118 valence electrons. The summed E-state index contributed by atoms with van der Waals surface area (Å²) in [6, 6.07) is 9.47. The lowest BCUT2D eigenvalue weighted by atomic mass is 9.96. The van der Waals surface area contributed by atoms with Crippen LogP contribution in [0, 0.1) is 11.8 Å². The van der Waals surface area contributed by atoms with Gasteiger partial charge < -0.3 is 10.4 Å². The SMILES string of the molecule is CCCCc1ccc(C(C)NCC2CCCC2CO)cc1. The van der Waals surface area contributed by atoms with Crippen molar-refractivity contribution < 1.29 is 5.11 Å². The first-order chi connectivity index (χ1) is 10.2. The van der Waals surface area contributed by atoms with Crippen molar-refractivity contribution in [1.29, 1.82) is 0 Å². The van der Waals surface area contributed by atoms with Crippen molar-refractivity contribution in [2.75, 3.05) is 13.2 Å². The van der Waals surface area contributed by atoms with E-state index >= 15 is 0 Å². The summed E-state index contributed by atoms with van der Waals surface area (Å²) in [5, 5.41) is 13.0. The Morgan fingerprint density at radius 3 is 2.57 bits per heavy atom. The lowest BCUT2D eigenvalue weighted by Crippen LogP contribution is -2.28. The molecule has 0 radical (unpaired) electrons. The van der Waals surface area contributed by atoms with Crippen molar-refractivity contribution in [3.05, 3.63) is 35.4 Å². The lowest BCUT2D eigenvalue weighted by Gasteiger charge is -2.21. The zero-order valence-electron chi connectivity index (χ0n) is 13.6. The third-order valence-corrected chi connectivity index (χ3v) is 5.04. The molecular formula is C19H31NO. The van der Waals surface area contributed by atoms with E-state index in [1.807, 2.05) is 0 Å². The molecule has 1 aliphatic rings. The first-order valence-electron chi connectivity index (χ1n) is 8.67. The second-order valence-corrected chi connectivity index (χ2v) is 6.61. The van der Waals surface area contributed by atoms with Crippen molar-refractivity contribution in [3.8, 4) is 0 Å². The average molecular weight is 289 g/mol. The first kappa shape index (κ1) is 16.5. The van der Waals surface area contributed by atoms with Crippen LogP contribution >= 0.6 is 0 Å². The van der Waals surface area contributed by atoms with E-state index in [4.69, 9.17) is 0 Å². The Kier molecular flexibility index (Phi) is 6.72. The molecule has 0 saturated heterocycles. The maximum atomic E-state index is 9.39. The second kappa shape index (κ2) is 8.55. The molecule has 0 aromatic heterocycles. The molecule has 1 aromatic rings. The van der Waals surface area contributed by atoms with E-state index in [-0.39, 0.29) is 0 Å². The van der Waals surface area contributed by atoms with Gasteiger partial charge in [-0.25, -0.2) is 0 Å². The minimum Gasteiger partial charge on any atom is -0.396 e. The Morgan fingerprint density at radius 1 is 1.19 bits per heavy atom. The first-order valence-corrected chi connectivity index (χ1v) is 8.67. The summed E-state index contributed by atoms with van der Waals surface area (Å²) in [5.74, 6) is 1.17. The van der Waals surface area contributed by atoms with Crippen molar-refractivity contribution in [3.63, 3.8) is 0 Å². The third kappa shape index (κ3) is 4.82. The van der Waals surface area contributed by atoms with Crippen LogP contribution in [0.2, 0.25) is 0 Å². The van der Waals surface area contributed by atoms with E-state index in [0.717, 1.165) is 6.54 Å². The van der Waals surface area contributed by atoms with Crippen LogP contribution in [0.1, 0.15) is 63.1 Å². The van der Waals surface area contributed by atoms with Crippen molar-refractivity contribution in [2.45, 2.75) is 58.4 Å². The molecule has 1 aliphatic carbocycles. The van der Waals surface area contributed by atoms with Crippen LogP contribution in [-0.4, -0.2) is 18.3 Å². The van der Waals surface area contributed by atoms with Crippen molar-refractivity contribution in [2.24, 2.45) is 11.8 Å². The molecule has 2 N–H and O–H groups in total. The van der Waals surface area contributed by atoms with Gasteiger partial charge in [0.2, 0.25) is 0 Å². The molecule has 1 aromatic carbocycles. The van der Waals surface area contributed by atoms with Gasteiger partial charge in [-0.1, -0.05) is 44.0 Å². The fourth-order valence-corrected chi connectivity index (χ4v) is 3.42. The maximum absolute atomic E-state index is 9.39. The van der Waals surface area contributed by atoms with Gasteiger partial charge in [0.1, 0.15) is 0 Å². The van der Waals surface area contributed by atoms with Gasteiger partial charge in [0.25, 0.3) is 0 Å². The molecule has 0 aliphatic heterocycles. The molecule has 0 heterocycles. The summed E-state index contributed by atoms with van der Waals surface area (Å²) in [6.45, 7) is 5.86. The van der Waals surface area contributed by atoms with Crippen LogP contribution in [0.25, 0.3) is 0 Å². The van der Waals surface area contributed by atoms with Gasteiger partial charge in [-0.05, 0) is 62.1 Å². The number of hydrogen-bond donors (Lipinski definition) is 2. The summed E-state index contributed by atoms with van der Waals surface area (Å²) < 4.78 is 0. The highest BCUT2D eigenvalue weighted by atomic mass is 16.3. The molecule has 2 nitrogen and oxygen atoms in total. The predicted molar refractivity (Wildman–Crippen MR) is 89.4 cm³/mol. The molecule has 0 spiro atoms. The van der Waals surface area contributed by atoms with Crippen LogP contribution in [0.3, 0.4) is 0 Å². The van der Waals surface area contributed by atoms with E-state index < -0.39 is 0 Å². The zero-order chi connectivity index (χ0) is 15.1. The van der Waals surface area contributed by atoms with E-state index in [9.17, 15) is 5.11 Å². The Bertz CT molecular complexity index is 401. The summed E-state index contributed by atoms with van der Waals surface area (Å²) in [6.07, 6.45) is 7.46. The Hall–Kier alpha value is -0.860. The van der Waals surface area contributed by atoms with Gasteiger partial charge in [-0.2, -0.15) is 0 Å². The van der Waals surface area contributed by atoms with Gasteiger partial charge >= 0.3 is 0 Å². The average Bonchev–Trinajstić information content (AvgIpc) is 2.98. The molecule has 21 heavy (non-hydrogen) atoms. The van der Waals surface area contributed by atoms with Gasteiger partial charge in [0, 0.05) is 12.6 Å². The smallest absolute Gasteiger partial charge is 0.0462 e. The minimum absolute atomic E-state index is 0.354. The van der Waals surface area contributed by atoms with Crippen LogP contribution in [-0.2, 0) is 6.42 Å². The zero-order valence-corrected chi connectivity index (χ0v) is 13.6. The van der Waals surface area contributed by atoms with E-state index in [0.29, 0.717) is 24.5 Å². The van der Waals surface area contributed by atoms with Gasteiger partial charge in [0.15, 0.2) is 0 Å². The van der Waals surface area contributed by atoms with E-state index in [1.54, 1.807) is 0 Å². The number of hydrogen-bond acceptors (Lipinski definition) is 2. The number of nitrogens with one attached hydrogen (secondary N) is 1. The fraction of sp³-hybridized carbons (Fsp3) is 0.684. The highest BCUT2D eigenvalue weighted by Gasteiger charge is 2.26. The van der Waals surface area contributed by atoms with E-state index in [1.165, 1.54) is 49.7 Å². The van der Waals surface area contributed by atoms with Crippen molar-refractivity contribution >= 4 is 0 Å². The van der Waals surface area contributed by atoms with Crippen LogP contribution in [0.4, 0.5) is 0 Å². The Labute approximate surface area is 130 Å². The highest BCUT2D eigenvalue weighted by molar-refractivity contribution is 5.24. The summed E-state index contributed by atoms with van der Waals surface area (Å²) in [5.41, 5.74) is 2.82. The van der Waals surface area contributed by atoms with Crippen LogP contribution < -0.4 is 5.32 Å². The Balaban J connectivity index is 1.81. The fourth-order valence-electron chi connectivity index (χ4n) is 3.42. The topological polar surface area (TPSA) is 32.3 Å². The Morgan fingerprint density at radius 2 is 1.90 bits per heavy atom. The molecule has 1 fully saturated rings. The molecule has 3 atom stereocenters. The number of unbranched alkanes of at least 4 members (excludes halogenated alkanes) is 1. The number of aryl methyl sites for hydroxylation is 1. The highest BCUT2D eigenvalue weighted by Crippen LogP contribution is 2.31. The third-order valence-electron chi connectivity index (χ3n) is 5.04. The lowest BCUT2D eigenvalue weighted by molar-refractivity contribution is 0.190. The minimum atomic E-state index is 0.354. The quantitative estimate of drug-likeness (QED) is 0.755. The van der Waals surface area contributed by atoms with Gasteiger partial charge in [-0.15, -0.1) is 0 Å². The molecule has 1 saturated carbocycles. The van der Waals surface area contributed by atoms with Crippen LogP contribution in [0.5, 0.6) is 0 Å². The number of aliphatic hydroxyl groups excluding tert-OH is 1. The summed E-state index contributed by atoms with van der Waals surface area (Å²) >= 11 is 0. The number of benzene rings is 1. The molecule has 2 rings (SSSR count). The molecule has 0 amide bonds. The maximum Gasteiger partial charge on any atom is 0.0462 e. The monoisotopic (exact) mass is 289 g/mol. The van der Waals surface area contributed by atoms with Crippen molar-refractivity contribution in [1.82, 2.24) is 5.32 Å². The standard InChI is InChI=1S/C19H31NO/c1-3-4-6-16-9-11-17(12-10-16)15(2)20-13-18-7-5-8-19(18)14-21/h9-12,15,18-21H,3-8,13-14H2,1-2H3. The largest absolute Gasteiger partial charge is 0.396 e. The molecule has 2 heteroatoms. The normalized spacial score (nSPS) is 23.4. The molecular weight excluding hydrogens is 258 g/mol. The second-order valence-electron chi connectivity index (χ2n) is 6.61. The van der Waals surface area contributed by atoms with E-state index in [2.05, 4.69) is 43.4 Å². The van der Waals surface area contributed by atoms with Gasteiger partial charge in [-0.3, -0.25) is 0 Å².